The lowest BCUT2D eigenvalue weighted by molar-refractivity contribution is -0.117. The van der Waals surface area contributed by atoms with Crippen molar-refractivity contribution in [1.29, 1.82) is 0 Å². The fourth-order valence-electron chi connectivity index (χ4n) is 3.09. The molecule has 1 aliphatic rings. The maximum Gasteiger partial charge on any atom is 0.240 e. The van der Waals surface area contributed by atoms with Gasteiger partial charge in [-0.15, -0.1) is 0 Å². The van der Waals surface area contributed by atoms with Crippen LogP contribution in [0.3, 0.4) is 0 Å². The molecule has 0 radical (unpaired) electrons. The number of carbonyl (C=O) groups is 2. The number of likely N-dealkylation sites (N-methyl/N-ethyl adjacent to an activating group) is 1. The summed E-state index contributed by atoms with van der Waals surface area (Å²) >= 11 is 1.13. The second-order valence-electron chi connectivity index (χ2n) is 6.85. The van der Waals surface area contributed by atoms with E-state index in [1.807, 2.05) is 0 Å². The van der Waals surface area contributed by atoms with Crippen molar-refractivity contribution in [2.24, 2.45) is 0 Å². The monoisotopic (exact) mass is 411 g/mol. The van der Waals surface area contributed by atoms with E-state index in [-0.39, 0.29) is 11.7 Å². The van der Waals surface area contributed by atoms with Crippen molar-refractivity contribution in [2.75, 3.05) is 45.1 Å². The van der Waals surface area contributed by atoms with Crippen LogP contribution in [0.4, 0.5) is 5.13 Å². The minimum absolute atomic E-state index is 0.147. The molecule has 1 aliphatic heterocycles. The number of pyridine rings is 1. The molecule has 0 bridgehead atoms. The van der Waals surface area contributed by atoms with Crippen molar-refractivity contribution in [3.05, 3.63) is 53.4 Å². The Labute approximate surface area is 172 Å². The van der Waals surface area contributed by atoms with E-state index in [1.165, 1.54) is 6.26 Å². The average molecular weight is 411 g/mol. The number of nitrogens with one attached hydrogen (secondary N) is 1. The molecule has 1 saturated heterocycles. The number of rotatable bonds is 6. The number of ketones is 1. The summed E-state index contributed by atoms with van der Waals surface area (Å²) in [7, 11) is 2.07. The average Bonchev–Trinajstić information content (AvgIpc) is 3.39. The summed E-state index contributed by atoms with van der Waals surface area (Å²) in [6.45, 7) is 3.88. The number of piperazine rings is 1. The number of aromatic nitrogens is 2. The Morgan fingerprint density at radius 3 is 2.69 bits per heavy atom. The van der Waals surface area contributed by atoms with E-state index in [4.69, 9.17) is 4.42 Å². The van der Waals surface area contributed by atoms with Gasteiger partial charge in [0.15, 0.2) is 10.9 Å². The quantitative estimate of drug-likeness (QED) is 0.622. The smallest absolute Gasteiger partial charge is 0.240 e. The van der Waals surface area contributed by atoms with Gasteiger partial charge in [0.1, 0.15) is 16.3 Å². The minimum Gasteiger partial charge on any atom is -0.463 e. The van der Waals surface area contributed by atoms with Crippen molar-refractivity contribution in [2.45, 2.75) is 0 Å². The zero-order valence-electron chi connectivity index (χ0n) is 16.0. The molecule has 0 aromatic carbocycles. The Bertz CT molecular complexity index is 979. The molecule has 0 atom stereocenters. The molecule has 3 aromatic rings. The highest BCUT2D eigenvalue weighted by Gasteiger charge is 2.24. The van der Waals surface area contributed by atoms with Gasteiger partial charge in [-0.05, 0) is 31.3 Å². The molecule has 0 aliphatic carbocycles. The van der Waals surface area contributed by atoms with Gasteiger partial charge in [0.25, 0.3) is 0 Å². The summed E-state index contributed by atoms with van der Waals surface area (Å²) in [4.78, 5) is 38.8. The Morgan fingerprint density at radius 1 is 1.17 bits per heavy atom. The first kappa shape index (κ1) is 19.4. The maximum atomic E-state index is 12.9. The van der Waals surface area contributed by atoms with Gasteiger partial charge in [-0.25, -0.2) is 4.98 Å². The summed E-state index contributed by atoms with van der Waals surface area (Å²) in [5, 5.41) is 3.20. The SMILES string of the molecule is CN1CCN(CC(=O)Nc2nc(-c3ccco3)c(C(=O)c3ccccn3)s2)CC1. The van der Waals surface area contributed by atoms with Crippen molar-refractivity contribution >= 4 is 28.2 Å². The topological polar surface area (TPSA) is 91.6 Å². The number of nitrogens with zero attached hydrogens (tertiary/aromatic N) is 4. The van der Waals surface area contributed by atoms with Crippen LogP contribution in [0.15, 0.2) is 47.2 Å². The van der Waals surface area contributed by atoms with E-state index >= 15 is 0 Å². The zero-order valence-corrected chi connectivity index (χ0v) is 16.8. The third-order valence-corrected chi connectivity index (χ3v) is 5.66. The number of carbonyl (C=O) groups excluding carboxylic acids is 2. The molecule has 1 amide bonds. The second kappa shape index (κ2) is 8.64. The normalized spacial score (nSPS) is 15.3. The standard InChI is InChI=1S/C20H21N5O3S/c1-24-8-10-25(11-9-24)13-16(26)22-20-23-17(15-6-4-12-28-15)19(29-20)18(27)14-5-2-3-7-21-14/h2-7,12H,8-11,13H2,1H3,(H,22,23,26). The number of furan rings is 1. The summed E-state index contributed by atoms with van der Waals surface area (Å²) in [6, 6.07) is 8.63. The van der Waals surface area contributed by atoms with Gasteiger partial charge in [-0.1, -0.05) is 17.4 Å². The van der Waals surface area contributed by atoms with Gasteiger partial charge in [0, 0.05) is 32.4 Å². The van der Waals surface area contributed by atoms with Gasteiger partial charge in [0.05, 0.1) is 12.8 Å². The van der Waals surface area contributed by atoms with Crippen molar-refractivity contribution < 1.29 is 14.0 Å². The van der Waals surface area contributed by atoms with Gasteiger partial charge in [-0.3, -0.25) is 19.5 Å². The van der Waals surface area contributed by atoms with E-state index in [1.54, 1.807) is 36.5 Å². The van der Waals surface area contributed by atoms with Crippen molar-refractivity contribution in [3.8, 4) is 11.5 Å². The first-order valence-corrected chi connectivity index (χ1v) is 10.1. The summed E-state index contributed by atoms with van der Waals surface area (Å²) in [5.74, 6) is 0.0697. The highest BCUT2D eigenvalue weighted by atomic mass is 32.1. The lowest BCUT2D eigenvalue weighted by atomic mass is 10.1. The molecule has 0 saturated carbocycles. The van der Waals surface area contributed by atoms with Crippen LogP contribution in [0.25, 0.3) is 11.5 Å². The molecular formula is C20H21N5O3S. The lowest BCUT2D eigenvalue weighted by Crippen LogP contribution is -2.47. The fourth-order valence-corrected chi connectivity index (χ4v) is 4.02. The Balaban J connectivity index is 1.53. The van der Waals surface area contributed by atoms with E-state index in [9.17, 15) is 9.59 Å². The van der Waals surface area contributed by atoms with Crippen LogP contribution in [-0.4, -0.2) is 71.2 Å². The summed E-state index contributed by atoms with van der Waals surface area (Å²) in [6.07, 6.45) is 3.09. The van der Waals surface area contributed by atoms with Crippen LogP contribution in [0.5, 0.6) is 0 Å². The van der Waals surface area contributed by atoms with Crippen LogP contribution in [-0.2, 0) is 4.79 Å². The van der Waals surface area contributed by atoms with E-state index in [2.05, 4.69) is 32.1 Å². The van der Waals surface area contributed by atoms with Crippen LogP contribution in [0, 0.1) is 0 Å². The molecule has 3 aromatic heterocycles. The number of hydrogen-bond acceptors (Lipinski definition) is 8. The molecule has 29 heavy (non-hydrogen) atoms. The fraction of sp³-hybridized carbons (Fsp3) is 0.300. The first-order chi connectivity index (χ1) is 14.1. The molecule has 1 fully saturated rings. The molecule has 0 unspecified atom stereocenters. The lowest BCUT2D eigenvalue weighted by Gasteiger charge is -2.31. The largest absolute Gasteiger partial charge is 0.463 e. The highest BCUT2D eigenvalue weighted by molar-refractivity contribution is 7.18. The maximum absolute atomic E-state index is 12.9. The number of hydrogen-bond donors (Lipinski definition) is 1. The molecule has 0 spiro atoms. The molecule has 1 N–H and O–H groups in total. The van der Waals surface area contributed by atoms with E-state index in [0.717, 1.165) is 37.5 Å². The third-order valence-electron chi connectivity index (χ3n) is 4.69. The van der Waals surface area contributed by atoms with Crippen molar-refractivity contribution in [3.63, 3.8) is 0 Å². The molecule has 9 heteroatoms. The minimum atomic E-state index is -0.255. The van der Waals surface area contributed by atoms with E-state index < -0.39 is 0 Å². The third kappa shape index (κ3) is 4.58. The number of amides is 1. The molecule has 4 heterocycles. The molecule has 150 valence electrons. The molecule has 8 nitrogen and oxygen atoms in total. The van der Waals surface area contributed by atoms with Crippen LogP contribution < -0.4 is 5.32 Å². The van der Waals surface area contributed by atoms with Crippen molar-refractivity contribution in [1.82, 2.24) is 19.8 Å². The zero-order chi connectivity index (χ0) is 20.2. The first-order valence-electron chi connectivity index (χ1n) is 9.31. The summed E-state index contributed by atoms with van der Waals surface area (Å²) < 4.78 is 5.44. The molecular weight excluding hydrogens is 390 g/mol. The predicted molar refractivity (Wildman–Crippen MR) is 110 cm³/mol. The highest BCUT2D eigenvalue weighted by Crippen LogP contribution is 2.33. The van der Waals surface area contributed by atoms with Crippen LogP contribution in [0.1, 0.15) is 15.4 Å². The second-order valence-corrected chi connectivity index (χ2v) is 7.84. The van der Waals surface area contributed by atoms with Gasteiger partial charge >= 0.3 is 0 Å². The Hall–Kier alpha value is -2.88. The summed E-state index contributed by atoms with van der Waals surface area (Å²) in [5.41, 5.74) is 0.727. The van der Waals surface area contributed by atoms with Gasteiger partial charge in [0.2, 0.25) is 11.7 Å². The predicted octanol–water partition coefficient (Wildman–Crippen LogP) is 2.21. The Kier molecular flexibility index (Phi) is 5.79. The van der Waals surface area contributed by atoms with Crippen LogP contribution >= 0.6 is 11.3 Å². The number of anilines is 1. The van der Waals surface area contributed by atoms with E-state index in [0.29, 0.717) is 33.7 Å². The van der Waals surface area contributed by atoms with Gasteiger partial charge < -0.3 is 14.6 Å². The molecule has 4 rings (SSSR count). The van der Waals surface area contributed by atoms with Crippen LogP contribution in [0.2, 0.25) is 0 Å². The number of thiazole rings is 1. The Morgan fingerprint density at radius 2 is 2.00 bits per heavy atom. The van der Waals surface area contributed by atoms with Gasteiger partial charge in [-0.2, -0.15) is 0 Å².